The van der Waals surface area contributed by atoms with Crippen LogP contribution in [0.2, 0.25) is 0 Å². The average Bonchev–Trinajstić information content (AvgIpc) is 3.41. The third-order valence-corrected chi connectivity index (χ3v) is 6.05. The number of anilines is 1. The first kappa shape index (κ1) is 20.2. The first-order chi connectivity index (χ1) is 14.6. The van der Waals surface area contributed by atoms with Crippen molar-refractivity contribution in [3.05, 3.63) is 78.1 Å². The molecule has 2 heterocycles. The van der Waals surface area contributed by atoms with Crippen LogP contribution in [0.15, 0.2) is 61.2 Å². The van der Waals surface area contributed by atoms with Crippen LogP contribution in [-0.4, -0.2) is 27.0 Å². The van der Waals surface area contributed by atoms with Gasteiger partial charge in [0.15, 0.2) is 5.13 Å². The molecule has 0 saturated heterocycles. The molecule has 1 amide bonds. The number of hydrogen-bond donors (Lipinski definition) is 0. The van der Waals surface area contributed by atoms with Crippen LogP contribution in [-0.2, 0) is 24.2 Å². The lowest BCUT2D eigenvalue weighted by molar-refractivity contribution is -0.118. The van der Waals surface area contributed by atoms with Crippen LogP contribution in [0.1, 0.15) is 24.5 Å². The van der Waals surface area contributed by atoms with E-state index in [1.54, 1.807) is 29.6 Å². The molecule has 7 heteroatoms. The molecular weight excluding hydrogens is 399 g/mol. The molecule has 0 N–H and O–H groups in total. The van der Waals surface area contributed by atoms with Crippen molar-refractivity contribution >= 4 is 32.6 Å². The number of amides is 1. The van der Waals surface area contributed by atoms with E-state index in [-0.39, 0.29) is 18.1 Å². The largest absolute Gasteiger partial charge is 0.337 e. The molecule has 30 heavy (non-hydrogen) atoms. The molecule has 0 spiro atoms. The monoisotopic (exact) mass is 422 g/mol. The number of hydrogen-bond acceptors (Lipinski definition) is 4. The van der Waals surface area contributed by atoms with E-state index in [0.29, 0.717) is 11.7 Å². The molecule has 0 saturated carbocycles. The van der Waals surface area contributed by atoms with Gasteiger partial charge >= 0.3 is 0 Å². The predicted molar refractivity (Wildman–Crippen MR) is 118 cm³/mol. The van der Waals surface area contributed by atoms with Gasteiger partial charge in [-0.15, -0.1) is 0 Å². The van der Waals surface area contributed by atoms with Gasteiger partial charge in [0.25, 0.3) is 0 Å². The van der Waals surface area contributed by atoms with E-state index in [4.69, 9.17) is 4.98 Å². The van der Waals surface area contributed by atoms with Crippen molar-refractivity contribution in [2.75, 3.05) is 11.4 Å². The molecule has 4 rings (SSSR count). The van der Waals surface area contributed by atoms with Gasteiger partial charge < -0.3 is 4.57 Å². The lowest BCUT2D eigenvalue weighted by Gasteiger charge is -2.20. The van der Waals surface area contributed by atoms with Gasteiger partial charge in [-0.05, 0) is 48.2 Å². The summed E-state index contributed by atoms with van der Waals surface area (Å²) in [5.74, 6) is -0.344. The number of halogens is 1. The number of benzene rings is 2. The van der Waals surface area contributed by atoms with Crippen molar-refractivity contribution < 1.29 is 9.18 Å². The smallest absolute Gasteiger partial charge is 0.233 e. The highest BCUT2D eigenvalue weighted by molar-refractivity contribution is 7.22. The van der Waals surface area contributed by atoms with Crippen molar-refractivity contribution in [3.63, 3.8) is 0 Å². The number of aromatic nitrogens is 3. The quantitative estimate of drug-likeness (QED) is 0.407. The molecule has 0 atom stereocenters. The third kappa shape index (κ3) is 4.74. The molecule has 154 valence electrons. The van der Waals surface area contributed by atoms with Crippen LogP contribution in [0.3, 0.4) is 0 Å². The van der Waals surface area contributed by atoms with E-state index in [2.05, 4.69) is 24.0 Å². The van der Waals surface area contributed by atoms with Gasteiger partial charge in [-0.25, -0.2) is 14.4 Å². The Morgan fingerprint density at radius 2 is 1.97 bits per heavy atom. The highest BCUT2D eigenvalue weighted by Crippen LogP contribution is 2.30. The standard InChI is InChI=1S/C23H23FN4OS/c1-2-17-6-9-20-21(14-17)30-23(26-20)28(12-3-11-27-13-10-25-16-27)22(29)15-18-4-7-19(24)8-5-18/h4-10,13-14,16H,2-3,11-12,15H2,1H3. The Kier molecular flexibility index (Phi) is 6.18. The van der Waals surface area contributed by atoms with Crippen molar-refractivity contribution in [2.24, 2.45) is 0 Å². The Hall–Kier alpha value is -3.06. The van der Waals surface area contributed by atoms with Gasteiger partial charge in [-0.1, -0.05) is 36.5 Å². The molecule has 0 fully saturated rings. The summed E-state index contributed by atoms with van der Waals surface area (Å²) in [5.41, 5.74) is 2.94. The van der Waals surface area contributed by atoms with E-state index < -0.39 is 0 Å². The Morgan fingerprint density at radius 3 is 2.70 bits per heavy atom. The maximum atomic E-state index is 13.2. The highest BCUT2D eigenvalue weighted by Gasteiger charge is 2.20. The van der Waals surface area contributed by atoms with Crippen molar-refractivity contribution in [1.82, 2.24) is 14.5 Å². The number of carbonyl (C=O) groups excluding carboxylic acids is 1. The molecule has 0 aliphatic carbocycles. The van der Waals surface area contributed by atoms with Crippen molar-refractivity contribution in [2.45, 2.75) is 32.7 Å². The van der Waals surface area contributed by atoms with Crippen molar-refractivity contribution in [3.8, 4) is 0 Å². The molecule has 2 aromatic carbocycles. The van der Waals surface area contributed by atoms with Crippen LogP contribution in [0.25, 0.3) is 10.2 Å². The SMILES string of the molecule is CCc1ccc2nc(N(CCCn3ccnc3)C(=O)Cc3ccc(F)cc3)sc2c1. The summed E-state index contributed by atoms with van der Waals surface area (Å²) in [6.07, 6.45) is 7.38. The van der Waals surface area contributed by atoms with Gasteiger partial charge in [0, 0.05) is 25.5 Å². The number of thiazole rings is 1. The number of rotatable bonds is 8. The van der Waals surface area contributed by atoms with Crippen LogP contribution in [0, 0.1) is 5.82 Å². The number of imidazole rings is 1. The molecule has 0 aliphatic heterocycles. The number of carbonyl (C=O) groups is 1. The zero-order chi connectivity index (χ0) is 20.9. The Morgan fingerprint density at radius 1 is 1.17 bits per heavy atom. The van der Waals surface area contributed by atoms with E-state index in [1.807, 2.05) is 16.8 Å². The first-order valence-corrected chi connectivity index (χ1v) is 10.8. The molecule has 5 nitrogen and oxygen atoms in total. The van der Waals surface area contributed by atoms with Crippen LogP contribution in [0.4, 0.5) is 9.52 Å². The summed E-state index contributed by atoms with van der Waals surface area (Å²) < 4.78 is 16.3. The normalized spacial score (nSPS) is 11.1. The zero-order valence-corrected chi connectivity index (χ0v) is 17.6. The van der Waals surface area contributed by atoms with Gasteiger partial charge in [0.05, 0.1) is 23.0 Å². The Balaban J connectivity index is 1.56. The minimum atomic E-state index is -0.304. The first-order valence-electron chi connectivity index (χ1n) is 10.0. The molecule has 0 unspecified atom stereocenters. The molecule has 0 aliphatic rings. The molecular formula is C23H23FN4OS. The summed E-state index contributed by atoms with van der Waals surface area (Å²) in [4.78, 5) is 23.7. The maximum absolute atomic E-state index is 13.2. The summed E-state index contributed by atoms with van der Waals surface area (Å²) >= 11 is 1.54. The predicted octanol–water partition coefficient (Wildman–Crippen LogP) is 4.86. The summed E-state index contributed by atoms with van der Waals surface area (Å²) in [6.45, 7) is 3.45. The van der Waals surface area contributed by atoms with Gasteiger partial charge in [-0.2, -0.15) is 0 Å². The average molecular weight is 423 g/mol. The summed E-state index contributed by atoms with van der Waals surface area (Å²) in [7, 11) is 0. The highest BCUT2D eigenvalue weighted by atomic mass is 32.1. The molecule has 0 bridgehead atoms. The minimum absolute atomic E-state index is 0.0398. The van der Waals surface area contributed by atoms with Crippen molar-refractivity contribution in [1.29, 1.82) is 0 Å². The number of nitrogens with zero attached hydrogens (tertiary/aromatic N) is 4. The van der Waals surface area contributed by atoms with E-state index in [0.717, 1.165) is 35.2 Å². The second kappa shape index (κ2) is 9.17. The Bertz CT molecular complexity index is 1120. The number of aryl methyl sites for hydroxylation is 2. The summed E-state index contributed by atoms with van der Waals surface area (Å²) in [5, 5.41) is 0.705. The van der Waals surface area contributed by atoms with Gasteiger partial charge in [0.1, 0.15) is 5.82 Å². The number of fused-ring (bicyclic) bond motifs is 1. The third-order valence-electron chi connectivity index (χ3n) is 5.01. The van der Waals surface area contributed by atoms with E-state index in [1.165, 1.54) is 29.0 Å². The zero-order valence-electron chi connectivity index (χ0n) is 16.8. The van der Waals surface area contributed by atoms with Crippen LogP contribution >= 0.6 is 11.3 Å². The molecule has 2 aromatic heterocycles. The fourth-order valence-corrected chi connectivity index (χ4v) is 4.39. The maximum Gasteiger partial charge on any atom is 0.233 e. The lowest BCUT2D eigenvalue weighted by Crippen LogP contribution is -2.33. The lowest BCUT2D eigenvalue weighted by atomic mass is 10.1. The fraction of sp³-hybridized carbons (Fsp3) is 0.261. The van der Waals surface area contributed by atoms with Gasteiger partial charge in [-0.3, -0.25) is 9.69 Å². The molecule has 0 radical (unpaired) electrons. The topological polar surface area (TPSA) is 51.0 Å². The van der Waals surface area contributed by atoms with E-state index >= 15 is 0 Å². The van der Waals surface area contributed by atoms with E-state index in [9.17, 15) is 9.18 Å². The minimum Gasteiger partial charge on any atom is -0.337 e. The summed E-state index contributed by atoms with van der Waals surface area (Å²) in [6, 6.07) is 12.3. The fourth-order valence-electron chi connectivity index (χ4n) is 3.32. The van der Waals surface area contributed by atoms with Gasteiger partial charge in [0.2, 0.25) is 5.91 Å². The molecule has 4 aromatic rings. The van der Waals surface area contributed by atoms with Crippen LogP contribution in [0.5, 0.6) is 0 Å². The second-order valence-electron chi connectivity index (χ2n) is 7.15. The Labute approximate surface area is 178 Å². The second-order valence-corrected chi connectivity index (χ2v) is 8.16. The van der Waals surface area contributed by atoms with Crippen LogP contribution < -0.4 is 4.90 Å².